The third-order valence-electron chi connectivity index (χ3n) is 7.76. The van der Waals surface area contributed by atoms with Gasteiger partial charge in [0.05, 0.1) is 6.67 Å². The number of likely N-dealkylation sites (N-methyl/N-ethyl adjacent to an activating group) is 1. The lowest BCUT2D eigenvalue weighted by atomic mass is 9.84. The van der Waals surface area contributed by atoms with Crippen molar-refractivity contribution in [3.8, 4) is 0 Å². The number of ether oxygens (including phenoxy) is 1. The molecule has 2 saturated heterocycles. The molecule has 2 aliphatic heterocycles. The van der Waals surface area contributed by atoms with Crippen molar-refractivity contribution >= 4 is 23.4 Å². The molecule has 0 aromatic heterocycles. The number of nitrogens with zero attached hydrogens (tertiary/aromatic N) is 3. The number of anilines is 1. The van der Waals surface area contributed by atoms with E-state index in [0.717, 1.165) is 11.3 Å². The zero-order valence-electron chi connectivity index (χ0n) is 22.3. The van der Waals surface area contributed by atoms with Gasteiger partial charge in [-0.05, 0) is 56.4 Å². The SMILES string of the molecule is COCCC(C)C(NC(=O)c1cccc(C)c1)C(=O)N1CCC2(CC1)C(=O)N(C)CN2c1ccccc1. The van der Waals surface area contributed by atoms with E-state index in [1.54, 1.807) is 18.1 Å². The van der Waals surface area contributed by atoms with E-state index in [1.807, 2.05) is 74.3 Å². The zero-order valence-corrected chi connectivity index (χ0v) is 22.3. The number of hydrogen-bond donors (Lipinski definition) is 1. The number of hydrogen-bond acceptors (Lipinski definition) is 5. The Kier molecular flexibility index (Phi) is 8.17. The summed E-state index contributed by atoms with van der Waals surface area (Å²) in [5.74, 6) is -0.384. The number of rotatable bonds is 8. The zero-order chi connectivity index (χ0) is 26.6. The molecule has 37 heavy (non-hydrogen) atoms. The van der Waals surface area contributed by atoms with E-state index in [1.165, 1.54) is 0 Å². The highest BCUT2D eigenvalue weighted by Gasteiger charge is 2.53. The lowest BCUT2D eigenvalue weighted by Gasteiger charge is -2.44. The largest absolute Gasteiger partial charge is 0.385 e. The summed E-state index contributed by atoms with van der Waals surface area (Å²) in [6, 6.07) is 16.7. The van der Waals surface area contributed by atoms with Gasteiger partial charge >= 0.3 is 0 Å². The van der Waals surface area contributed by atoms with Crippen LogP contribution in [0, 0.1) is 12.8 Å². The van der Waals surface area contributed by atoms with Gasteiger partial charge in [0, 0.05) is 45.1 Å². The van der Waals surface area contributed by atoms with E-state index in [2.05, 4.69) is 10.2 Å². The van der Waals surface area contributed by atoms with E-state index in [0.29, 0.717) is 51.2 Å². The van der Waals surface area contributed by atoms with Gasteiger partial charge in [-0.3, -0.25) is 14.4 Å². The maximum atomic E-state index is 13.8. The van der Waals surface area contributed by atoms with Gasteiger partial charge in [0.2, 0.25) is 11.8 Å². The van der Waals surface area contributed by atoms with Crippen LogP contribution in [0.2, 0.25) is 0 Å². The molecule has 2 aliphatic rings. The molecule has 2 unspecified atom stereocenters. The van der Waals surface area contributed by atoms with Gasteiger partial charge < -0.3 is 24.8 Å². The second kappa shape index (κ2) is 11.3. The number of piperidine rings is 1. The Labute approximate surface area is 219 Å². The highest BCUT2D eigenvalue weighted by atomic mass is 16.5. The molecule has 2 heterocycles. The van der Waals surface area contributed by atoms with Crippen molar-refractivity contribution < 1.29 is 19.1 Å². The summed E-state index contributed by atoms with van der Waals surface area (Å²) in [7, 11) is 3.46. The Morgan fingerprint density at radius 2 is 1.78 bits per heavy atom. The van der Waals surface area contributed by atoms with Gasteiger partial charge in [0.1, 0.15) is 11.6 Å². The minimum atomic E-state index is -0.676. The lowest BCUT2D eigenvalue weighted by molar-refractivity contribution is -0.140. The van der Waals surface area contributed by atoms with E-state index in [9.17, 15) is 14.4 Å². The molecule has 4 rings (SSSR count). The fourth-order valence-electron chi connectivity index (χ4n) is 5.53. The minimum Gasteiger partial charge on any atom is -0.385 e. The first-order chi connectivity index (χ1) is 17.8. The van der Waals surface area contributed by atoms with E-state index in [-0.39, 0.29) is 23.6 Å². The third kappa shape index (κ3) is 5.49. The van der Waals surface area contributed by atoms with Gasteiger partial charge in [-0.15, -0.1) is 0 Å². The van der Waals surface area contributed by atoms with Gasteiger partial charge in [-0.2, -0.15) is 0 Å². The van der Waals surface area contributed by atoms with E-state index >= 15 is 0 Å². The van der Waals surface area contributed by atoms with Crippen LogP contribution in [0.25, 0.3) is 0 Å². The normalized spacial score (nSPS) is 18.7. The topological polar surface area (TPSA) is 82.2 Å². The Morgan fingerprint density at radius 1 is 1.08 bits per heavy atom. The molecule has 1 spiro atoms. The number of carbonyl (C=O) groups excluding carboxylic acids is 3. The lowest BCUT2D eigenvalue weighted by Crippen LogP contribution is -2.60. The van der Waals surface area contributed by atoms with Crippen LogP contribution in [0.3, 0.4) is 0 Å². The first-order valence-electron chi connectivity index (χ1n) is 13.0. The summed E-state index contributed by atoms with van der Waals surface area (Å²) in [5.41, 5.74) is 1.87. The second-order valence-electron chi connectivity index (χ2n) is 10.3. The van der Waals surface area contributed by atoms with Crippen LogP contribution in [0.5, 0.6) is 0 Å². The maximum absolute atomic E-state index is 13.8. The van der Waals surface area contributed by atoms with Gasteiger partial charge in [-0.1, -0.05) is 42.8 Å². The standard InChI is InChI=1S/C29H38N4O4/c1-21-9-8-10-23(19-21)26(34)30-25(22(2)13-18-37-4)27(35)32-16-14-29(15-17-32)28(36)31(3)20-33(29)24-11-6-5-7-12-24/h5-12,19,22,25H,13-18,20H2,1-4H3,(H,30,34). The second-order valence-corrected chi connectivity index (χ2v) is 10.3. The van der Waals surface area contributed by atoms with Crippen LogP contribution in [0.1, 0.15) is 42.1 Å². The number of methoxy groups -OCH3 is 1. The molecular weight excluding hydrogens is 468 g/mol. The van der Waals surface area contributed by atoms with Crippen molar-refractivity contribution in [1.82, 2.24) is 15.1 Å². The smallest absolute Gasteiger partial charge is 0.251 e. The summed E-state index contributed by atoms with van der Waals surface area (Å²) < 4.78 is 5.25. The van der Waals surface area contributed by atoms with Crippen LogP contribution in [-0.4, -0.2) is 79.6 Å². The average Bonchev–Trinajstić information content (AvgIpc) is 3.15. The number of amides is 3. The molecular formula is C29H38N4O4. The molecule has 0 aliphatic carbocycles. The molecule has 8 nitrogen and oxygen atoms in total. The number of carbonyl (C=O) groups is 3. The van der Waals surface area contributed by atoms with Gasteiger partial charge in [0.25, 0.3) is 5.91 Å². The van der Waals surface area contributed by atoms with Crippen LogP contribution in [-0.2, 0) is 14.3 Å². The fraction of sp³-hybridized carbons (Fsp3) is 0.483. The van der Waals surface area contributed by atoms with Crippen LogP contribution in [0.4, 0.5) is 5.69 Å². The van der Waals surface area contributed by atoms with E-state index < -0.39 is 11.6 Å². The van der Waals surface area contributed by atoms with Crippen molar-refractivity contribution in [2.75, 3.05) is 45.4 Å². The molecule has 2 aromatic carbocycles. The molecule has 2 fully saturated rings. The van der Waals surface area contributed by atoms with Crippen molar-refractivity contribution in [3.05, 3.63) is 65.7 Å². The quantitative estimate of drug-likeness (QED) is 0.595. The molecule has 2 aromatic rings. The van der Waals surface area contributed by atoms with E-state index in [4.69, 9.17) is 4.74 Å². The number of para-hydroxylation sites is 1. The number of likely N-dealkylation sites (tertiary alicyclic amines) is 1. The molecule has 2 atom stereocenters. The van der Waals surface area contributed by atoms with Crippen molar-refractivity contribution in [2.45, 2.75) is 44.7 Å². The summed E-state index contributed by atoms with van der Waals surface area (Å²) in [6.07, 6.45) is 1.73. The third-order valence-corrected chi connectivity index (χ3v) is 7.76. The molecule has 3 amide bonds. The van der Waals surface area contributed by atoms with Crippen LogP contribution >= 0.6 is 0 Å². The Hall–Kier alpha value is -3.39. The maximum Gasteiger partial charge on any atom is 0.251 e. The Bertz CT molecular complexity index is 1110. The fourth-order valence-corrected chi connectivity index (χ4v) is 5.53. The Morgan fingerprint density at radius 3 is 2.43 bits per heavy atom. The first-order valence-corrected chi connectivity index (χ1v) is 13.0. The summed E-state index contributed by atoms with van der Waals surface area (Å²) in [6.45, 7) is 5.84. The molecule has 8 heteroatoms. The molecule has 198 valence electrons. The highest BCUT2D eigenvalue weighted by molar-refractivity contribution is 5.98. The Balaban J connectivity index is 1.51. The first kappa shape index (κ1) is 26.7. The number of benzene rings is 2. The summed E-state index contributed by atoms with van der Waals surface area (Å²) in [4.78, 5) is 46.0. The van der Waals surface area contributed by atoms with Crippen molar-refractivity contribution in [2.24, 2.45) is 5.92 Å². The van der Waals surface area contributed by atoms with Crippen molar-refractivity contribution in [3.63, 3.8) is 0 Å². The van der Waals surface area contributed by atoms with Crippen LogP contribution in [0.15, 0.2) is 54.6 Å². The molecule has 0 saturated carbocycles. The van der Waals surface area contributed by atoms with Gasteiger partial charge in [0.15, 0.2) is 0 Å². The summed E-state index contributed by atoms with van der Waals surface area (Å²) in [5, 5.41) is 3.01. The predicted molar refractivity (Wildman–Crippen MR) is 143 cm³/mol. The summed E-state index contributed by atoms with van der Waals surface area (Å²) >= 11 is 0. The highest BCUT2D eigenvalue weighted by Crippen LogP contribution is 2.39. The number of nitrogens with one attached hydrogen (secondary N) is 1. The average molecular weight is 507 g/mol. The van der Waals surface area contributed by atoms with Crippen molar-refractivity contribution in [1.29, 1.82) is 0 Å². The molecule has 1 N–H and O–H groups in total. The van der Waals surface area contributed by atoms with Gasteiger partial charge in [-0.25, -0.2) is 0 Å². The van der Waals surface area contributed by atoms with Crippen LogP contribution < -0.4 is 10.2 Å². The monoisotopic (exact) mass is 506 g/mol. The number of aryl methyl sites for hydroxylation is 1. The minimum absolute atomic E-state index is 0.0983. The molecule has 0 radical (unpaired) electrons. The predicted octanol–water partition coefficient (Wildman–Crippen LogP) is 3.06. The molecule has 0 bridgehead atoms.